The van der Waals surface area contributed by atoms with Crippen LogP contribution < -0.4 is 21.1 Å². The van der Waals surface area contributed by atoms with Crippen molar-refractivity contribution in [1.29, 1.82) is 0 Å². The van der Waals surface area contributed by atoms with Gasteiger partial charge in [0.2, 0.25) is 15.9 Å². The molecule has 0 bridgehead atoms. The van der Waals surface area contributed by atoms with Crippen LogP contribution in [0.3, 0.4) is 0 Å². The number of aryl methyl sites for hydroxylation is 1. The van der Waals surface area contributed by atoms with Crippen LogP contribution in [0.25, 0.3) is 11.1 Å². The van der Waals surface area contributed by atoms with Gasteiger partial charge in [-0.2, -0.15) is 0 Å². The molecule has 0 atom stereocenters. The van der Waals surface area contributed by atoms with Crippen molar-refractivity contribution < 1.29 is 18.0 Å². The van der Waals surface area contributed by atoms with Crippen LogP contribution in [0.5, 0.6) is 0 Å². The Hall–Kier alpha value is -3.47. The summed E-state index contributed by atoms with van der Waals surface area (Å²) in [6.45, 7) is 1.80. The third-order valence-electron chi connectivity index (χ3n) is 5.49. The van der Waals surface area contributed by atoms with Gasteiger partial charge in [0.25, 0.3) is 0 Å². The van der Waals surface area contributed by atoms with Gasteiger partial charge in [0.05, 0.1) is 9.92 Å². The summed E-state index contributed by atoms with van der Waals surface area (Å²) >= 11 is 5.79. The monoisotopic (exact) mass is 499 g/mol. The smallest absolute Gasteiger partial charge is 0.321 e. The Morgan fingerprint density at radius 1 is 1.06 bits per heavy atom. The van der Waals surface area contributed by atoms with Gasteiger partial charge in [0, 0.05) is 17.4 Å². The number of aromatic nitrogens is 1. The van der Waals surface area contributed by atoms with Gasteiger partial charge in [-0.25, -0.2) is 23.3 Å². The average Bonchev–Trinajstić information content (AvgIpc) is 3.56. The quantitative estimate of drug-likeness (QED) is 0.409. The first kappa shape index (κ1) is 23.7. The molecule has 5 N–H and O–H groups in total. The molecular weight excluding hydrogens is 478 g/mol. The minimum atomic E-state index is -3.90. The van der Waals surface area contributed by atoms with Crippen LogP contribution in [0, 0.1) is 6.92 Å². The second kappa shape index (κ2) is 9.05. The normalized spacial score (nSPS) is 14.2. The number of urea groups is 1. The molecule has 2 aromatic carbocycles. The molecule has 0 unspecified atom stereocenters. The number of carbonyl (C=O) groups excluding carboxylic acids is 2. The van der Waals surface area contributed by atoms with Gasteiger partial charge in [-0.15, -0.1) is 0 Å². The predicted octanol–water partition coefficient (Wildman–Crippen LogP) is 3.65. The van der Waals surface area contributed by atoms with Crippen LogP contribution in [-0.4, -0.2) is 30.9 Å². The summed E-state index contributed by atoms with van der Waals surface area (Å²) in [5.41, 5.74) is 1.38. The maximum atomic E-state index is 12.9. The summed E-state index contributed by atoms with van der Waals surface area (Å²) in [5, 5.41) is 13.9. The summed E-state index contributed by atoms with van der Waals surface area (Å²) in [4.78, 5) is 29.3. The highest BCUT2D eigenvalue weighted by molar-refractivity contribution is 7.89. The van der Waals surface area contributed by atoms with E-state index in [1.807, 2.05) is 0 Å². The number of nitrogens with one attached hydrogen (secondary N) is 3. The van der Waals surface area contributed by atoms with Gasteiger partial charge in [-0.05, 0) is 61.2 Å². The van der Waals surface area contributed by atoms with E-state index in [1.54, 1.807) is 55.5 Å². The number of sulfonamides is 1. The lowest BCUT2D eigenvalue weighted by Crippen LogP contribution is -2.47. The number of primary sulfonamides is 1. The summed E-state index contributed by atoms with van der Waals surface area (Å²) in [7, 11) is -3.90. The number of amides is 3. The van der Waals surface area contributed by atoms with Crippen molar-refractivity contribution in [3.05, 3.63) is 71.4 Å². The second-order valence-corrected chi connectivity index (χ2v) is 10.0. The number of anilines is 2. The first-order valence-electron chi connectivity index (χ1n) is 10.3. The molecule has 9 nitrogen and oxygen atoms in total. The molecule has 0 spiro atoms. The Morgan fingerprint density at radius 2 is 1.79 bits per heavy atom. The fourth-order valence-corrected chi connectivity index (χ4v) is 4.39. The number of hydrogen-bond donors (Lipinski definition) is 4. The first-order valence-corrected chi connectivity index (χ1v) is 12.2. The minimum absolute atomic E-state index is 0.0218. The zero-order chi connectivity index (χ0) is 24.5. The van der Waals surface area contributed by atoms with Crippen molar-refractivity contribution in [3.63, 3.8) is 0 Å². The standard InChI is InChI=1S/C23H22ClN5O4S/c1-14-12-15(17-4-2-3-5-19(17)34(25,32)33)6-8-18(14)27-21(30)23(10-11-23)29-22(31)28-20-9-7-16(24)13-26-20/h2-9,12-13H,10-11H2,1H3,(H,27,30)(H2,25,32,33)(H2,26,28,29,31). The molecule has 1 aliphatic rings. The van der Waals surface area contributed by atoms with E-state index < -0.39 is 21.6 Å². The molecule has 0 saturated heterocycles. The van der Waals surface area contributed by atoms with E-state index in [0.717, 1.165) is 5.56 Å². The Morgan fingerprint density at radius 3 is 2.41 bits per heavy atom. The predicted molar refractivity (Wildman–Crippen MR) is 130 cm³/mol. The highest BCUT2D eigenvalue weighted by atomic mass is 35.5. The Balaban J connectivity index is 1.46. The van der Waals surface area contributed by atoms with E-state index in [1.165, 1.54) is 12.3 Å². The molecule has 0 aliphatic heterocycles. The first-order chi connectivity index (χ1) is 16.1. The molecule has 1 aromatic heterocycles. The van der Waals surface area contributed by atoms with Crippen LogP contribution >= 0.6 is 11.6 Å². The van der Waals surface area contributed by atoms with Crippen molar-refractivity contribution in [1.82, 2.24) is 10.3 Å². The number of pyridine rings is 1. The number of nitrogens with zero attached hydrogens (tertiary/aromatic N) is 1. The van der Waals surface area contributed by atoms with E-state index in [2.05, 4.69) is 20.9 Å². The van der Waals surface area contributed by atoms with Crippen LogP contribution in [0.2, 0.25) is 5.02 Å². The summed E-state index contributed by atoms with van der Waals surface area (Å²) in [6, 6.07) is 14.2. The molecule has 3 amide bonds. The van der Waals surface area contributed by atoms with E-state index in [4.69, 9.17) is 16.7 Å². The number of rotatable bonds is 6. The molecule has 11 heteroatoms. The van der Waals surface area contributed by atoms with Gasteiger partial charge in [0.1, 0.15) is 11.4 Å². The molecule has 176 valence electrons. The molecule has 3 aromatic rings. The second-order valence-electron chi connectivity index (χ2n) is 8.05. The van der Waals surface area contributed by atoms with Crippen molar-refractivity contribution in [2.75, 3.05) is 10.6 Å². The molecule has 4 rings (SSSR count). The van der Waals surface area contributed by atoms with Crippen LogP contribution in [0.4, 0.5) is 16.3 Å². The maximum absolute atomic E-state index is 12.9. The molecule has 34 heavy (non-hydrogen) atoms. The highest BCUT2D eigenvalue weighted by Gasteiger charge is 2.51. The third-order valence-corrected chi connectivity index (χ3v) is 6.68. The number of carbonyl (C=O) groups is 2. The maximum Gasteiger partial charge on any atom is 0.321 e. The number of hydrogen-bond acceptors (Lipinski definition) is 5. The Labute approximate surface area is 201 Å². The zero-order valence-corrected chi connectivity index (χ0v) is 19.7. The van der Waals surface area contributed by atoms with Gasteiger partial charge >= 0.3 is 6.03 Å². The van der Waals surface area contributed by atoms with Crippen molar-refractivity contribution in [2.24, 2.45) is 5.14 Å². The van der Waals surface area contributed by atoms with Crippen LogP contribution in [-0.2, 0) is 14.8 Å². The van der Waals surface area contributed by atoms with Crippen LogP contribution in [0.1, 0.15) is 18.4 Å². The third kappa shape index (κ3) is 5.19. The van der Waals surface area contributed by atoms with E-state index in [0.29, 0.717) is 40.5 Å². The fraction of sp³-hybridized carbons (Fsp3) is 0.174. The van der Waals surface area contributed by atoms with Crippen molar-refractivity contribution >= 4 is 45.1 Å². The number of halogens is 1. The van der Waals surface area contributed by atoms with Gasteiger partial charge in [-0.1, -0.05) is 35.9 Å². The molecule has 0 radical (unpaired) electrons. The summed E-state index contributed by atoms with van der Waals surface area (Å²) in [6.07, 6.45) is 2.41. The zero-order valence-electron chi connectivity index (χ0n) is 18.1. The lowest BCUT2D eigenvalue weighted by Gasteiger charge is -2.19. The lowest BCUT2D eigenvalue weighted by atomic mass is 10.0. The molecule has 1 fully saturated rings. The molecular formula is C23H22ClN5O4S. The highest BCUT2D eigenvalue weighted by Crippen LogP contribution is 2.37. The molecule has 1 aliphatic carbocycles. The Kier molecular flexibility index (Phi) is 6.30. The SMILES string of the molecule is Cc1cc(-c2ccccc2S(N)(=O)=O)ccc1NC(=O)C1(NC(=O)Nc2ccc(Cl)cn2)CC1. The van der Waals surface area contributed by atoms with Crippen LogP contribution in [0.15, 0.2) is 65.7 Å². The topological polar surface area (TPSA) is 143 Å². The fourth-order valence-electron chi connectivity index (χ4n) is 3.52. The Bertz CT molecular complexity index is 1370. The molecule has 1 heterocycles. The average molecular weight is 500 g/mol. The van der Waals surface area contributed by atoms with Crippen molar-refractivity contribution in [3.8, 4) is 11.1 Å². The summed E-state index contributed by atoms with van der Waals surface area (Å²) < 4.78 is 23.9. The largest absolute Gasteiger partial charge is 0.324 e. The molecule has 1 saturated carbocycles. The summed E-state index contributed by atoms with van der Waals surface area (Å²) in [5.74, 6) is -0.0307. The number of nitrogens with two attached hydrogens (primary N) is 1. The van der Waals surface area contributed by atoms with Gasteiger partial charge in [0.15, 0.2) is 0 Å². The van der Waals surface area contributed by atoms with Gasteiger partial charge in [-0.3, -0.25) is 10.1 Å². The minimum Gasteiger partial charge on any atom is -0.324 e. The van der Waals surface area contributed by atoms with E-state index >= 15 is 0 Å². The lowest BCUT2D eigenvalue weighted by molar-refractivity contribution is -0.118. The van der Waals surface area contributed by atoms with E-state index in [9.17, 15) is 18.0 Å². The number of benzene rings is 2. The van der Waals surface area contributed by atoms with E-state index in [-0.39, 0.29) is 10.8 Å². The van der Waals surface area contributed by atoms with Crippen molar-refractivity contribution in [2.45, 2.75) is 30.2 Å². The van der Waals surface area contributed by atoms with Gasteiger partial charge < -0.3 is 10.6 Å².